The van der Waals surface area contributed by atoms with Crippen LogP contribution in [0.1, 0.15) is 72.9 Å². The summed E-state index contributed by atoms with van der Waals surface area (Å²) in [7, 11) is -3.59. The molecule has 7 heteroatoms. The molecule has 0 saturated heterocycles. The van der Waals surface area contributed by atoms with Crippen LogP contribution in [0.25, 0.3) is 0 Å². The summed E-state index contributed by atoms with van der Waals surface area (Å²) in [4.78, 5) is 4.02. The summed E-state index contributed by atoms with van der Waals surface area (Å²) in [5.74, 6) is 0.139. The van der Waals surface area contributed by atoms with Gasteiger partial charge >= 0.3 is 7.60 Å². The maximum absolute atomic E-state index is 13.9. The van der Waals surface area contributed by atoms with Crippen LogP contribution >= 0.6 is 7.60 Å². The summed E-state index contributed by atoms with van der Waals surface area (Å²) < 4.78 is 25.8. The average molecular weight is 449 g/mol. The molecule has 1 heterocycles. The van der Waals surface area contributed by atoms with Crippen LogP contribution in [0.3, 0.4) is 0 Å². The zero-order chi connectivity index (χ0) is 23.4. The molecule has 0 saturated carbocycles. The third-order valence-electron chi connectivity index (χ3n) is 5.02. The Hall–Kier alpha value is -2.04. The lowest BCUT2D eigenvalue weighted by atomic mass is 9.79. The van der Waals surface area contributed by atoms with Crippen LogP contribution in [-0.2, 0) is 19.9 Å². The van der Waals surface area contributed by atoms with E-state index in [1.165, 1.54) is 0 Å². The van der Waals surface area contributed by atoms with Gasteiger partial charge in [0.25, 0.3) is 0 Å². The molecule has 1 aromatic heterocycles. The van der Waals surface area contributed by atoms with Gasteiger partial charge in [0.1, 0.15) is 17.3 Å². The highest BCUT2D eigenvalue weighted by Gasteiger charge is 2.37. The van der Waals surface area contributed by atoms with Gasteiger partial charge in [-0.05, 0) is 48.4 Å². The molecule has 1 aromatic carbocycles. The fourth-order valence-corrected chi connectivity index (χ4v) is 5.23. The lowest BCUT2D eigenvalue weighted by molar-refractivity contribution is 0.271. The highest BCUT2D eigenvalue weighted by molar-refractivity contribution is 7.55. The van der Waals surface area contributed by atoms with Crippen LogP contribution < -0.4 is 9.84 Å². The quantitative estimate of drug-likeness (QED) is 0.430. The van der Waals surface area contributed by atoms with Gasteiger partial charge in [-0.3, -0.25) is 9.51 Å². The van der Waals surface area contributed by atoms with Gasteiger partial charge < -0.3 is 14.9 Å². The van der Waals surface area contributed by atoms with E-state index >= 15 is 0 Å². The van der Waals surface area contributed by atoms with Crippen molar-refractivity contribution < 1.29 is 18.7 Å². The number of aromatic nitrogens is 1. The summed E-state index contributed by atoms with van der Waals surface area (Å²) in [5.41, 5.74) is 1.64. The number of phenols is 1. The first-order chi connectivity index (χ1) is 14.3. The average Bonchev–Trinajstić information content (AvgIpc) is 2.66. The lowest BCUT2D eigenvalue weighted by Crippen LogP contribution is -2.23. The Morgan fingerprint density at radius 2 is 1.55 bits per heavy atom. The molecule has 2 atom stereocenters. The minimum absolute atomic E-state index is 0.251. The topological polar surface area (TPSA) is 80.7 Å². The first-order valence-electron chi connectivity index (χ1n) is 10.8. The monoisotopic (exact) mass is 448 g/mol. The molecule has 172 valence electrons. The Bertz CT molecular complexity index is 882. The Kier molecular flexibility index (Phi) is 7.83. The van der Waals surface area contributed by atoms with E-state index in [2.05, 4.69) is 10.3 Å². The van der Waals surface area contributed by atoms with E-state index in [0.29, 0.717) is 12.2 Å². The van der Waals surface area contributed by atoms with Crippen molar-refractivity contribution in [2.45, 2.75) is 78.4 Å². The zero-order valence-electron chi connectivity index (χ0n) is 20.0. The highest BCUT2D eigenvalue weighted by atomic mass is 31.2. The van der Waals surface area contributed by atoms with E-state index in [4.69, 9.17) is 9.05 Å². The molecule has 0 spiro atoms. The second kappa shape index (κ2) is 9.62. The highest BCUT2D eigenvalue weighted by Crippen LogP contribution is 2.55. The third-order valence-corrected chi connectivity index (χ3v) is 7.36. The molecule has 31 heavy (non-hydrogen) atoms. The zero-order valence-corrected chi connectivity index (χ0v) is 20.9. The van der Waals surface area contributed by atoms with E-state index in [0.717, 1.165) is 16.8 Å². The molecule has 0 radical (unpaired) electrons. The van der Waals surface area contributed by atoms with Crippen molar-refractivity contribution in [1.29, 1.82) is 0 Å². The van der Waals surface area contributed by atoms with Crippen LogP contribution in [0.5, 0.6) is 11.5 Å². The molecule has 2 rings (SSSR count). The van der Waals surface area contributed by atoms with Gasteiger partial charge in [0.2, 0.25) is 0 Å². The second-order valence-corrected chi connectivity index (χ2v) is 11.9. The van der Waals surface area contributed by atoms with Gasteiger partial charge in [-0.2, -0.15) is 0 Å². The maximum Gasteiger partial charge on any atom is 0.401 e. The van der Waals surface area contributed by atoms with Gasteiger partial charge in [0.15, 0.2) is 0 Å². The van der Waals surface area contributed by atoms with Crippen molar-refractivity contribution >= 4 is 13.3 Å². The summed E-state index contributed by atoms with van der Waals surface area (Å²) in [6.45, 7) is 16.2. The molecule has 2 aromatic rings. The van der Waals surface area contributed by atoms with Crippen molar-refractivity contribution in [3.63, 3.8) is 0 Å². The van der Waals surface area contributed by atoms with Crippen LogP contribution in [0, 0.1) is 0 Å². The predicted molar refractivity (Wildman–Crippen MR) is 127 cm³/mol. The fourth-order valence-electron chi connectivity index (χ4n) is 3.36. The SMILES string of the molecule is CCOP(=O)(Oc1cc(C(C)(C)C)c(O)c(C(C)(C)C)c1)C(CC)Nc1ccncc1. The van der Waals surface area contributed by atoms with Gasteiger partial charge in [0.05, 0.1) is 6.61 Å². The van der Waals surface area contributed by atoms with Gasteiger partial charge in [0, 0.05) is 29.2 Å². The maximum atomic E-state index is 13.9. The fraction of sp³-hybridized carbons (Fsp3) is 0.542. The number of phenolic OH excluding ortho intramolecular Hbond substituents is 1. The first kappa shape index (κ1) is 25.2. The van der Waals surface area contributed by atoms with Crippen LogP contribution in [-0.4, -0.2) is 22.5 Å². The molecule has 0 bridgehead atoms. The molecule has 6 nitrogen and oxygen atoms in total. The van der Waals surface area contributed by atoms with Crippen molar-refractivity contribution in [3.05, 3.63) is 47.8 Å². The summed E-state index contributed by atoms with van der Waals surface area (Å²) in [6.07, 6.45) is 3.88. The van der Waals surface area contributed by atoms with E-state index in [1.54, 1.807) is 31.5 Å². The van der Waals surface area contributed by atoms with Gasteiger partial charge in [-0.1, -0.05) is 48.5 Å². The molecule has 0 aliphatic carbocycles. The number of nitrogens with zero attached hydrogens (tertiary/aromatic N) is 1. The standard InChI is InChI=1S/C24H37N2O4P/c1-9-21(26-17-11-13-25-14-12-17)31(28,29-10-2)30-18-15-19(23(3,4)5)22(27)20(16-18)24(6,7)8/h11-16,21,27H,9-10H2,1-8H3,(H,25,26). The lowest BCUT2D eigenvalue weighted by Gasteiger charge is -2.31. The molecular weight excluding hydrogens is 411 g/mol. The van der Waals surface area contributed by atoms with Crippen LogP contribution in [0.2, 0.25) is 0 Å². The van der Waals surface area contributed by atoms with E-state index in [1.807, 2.05) is 60.6 Å². The molecule has 2 N–H and O–H groups in total. The summed E-state index contributed by atoms with van der Waals surface area (Å²) in [6, 6.07) is 7.18. The van der Waals surface area contributed by atoms with Crippen LogP contribution in [0.15, 0.2) is 36.7 Å². The third kappa shape index (κ3) is 6.24. The number of aromatic hydroxyl groups is 1. The summed E-state index contributed by atoms with van der Waals surface area (Å²) in [5, 5.41) is 14.2. The van der Waals surface area contributed by atoms with Crippen LogP contribution in [0.4, 0.5) is 5.69 Å². The number of benzene rings is 1. The number of nitrogens with one attached hydrogen (secondary N) is 1. The molecule has 2 unspecified atom stereocenters. The summed E-state index contributed by atoms with van der Waals surface area (Å²) >= 11 is 0. The van der Waals surface area contributed by atoms with Crippen molar-refractivity contribution in [2.24, 2.45) is 0 Å². The van der Waals surface area contributed by atoms with Gasteiger partial charge in [-0.25, -0.2) is 4.57 Å². The van der Waals surface area contributed by atoms with E-state index < -0.39 is 13.4 Å². The molecular formula is C24H37N2O4P. The number of hydrogen-bond acceptors (Lipinski definition) is 6. The minimum atomic E-state index is -3.59. The first-order valence-corrected chi connectivity index (χ1v) is 12.4. The Balaban J connectivity index is 2.53. The molecule has 0 fully saturated rings. The van der Waals surface area contributed by atoms with Crippen molar-refractivity contribution in [1.82, 2.24) is 4.98 Å². The smallest absolute Gasteiger partial charge is 0.401 e. The number of hydrogen-bond donors (Lipinski definition) is 2. The largest absolute Gasteiger partial charge is 0.507 e. The Morgan fingerprint density at radius 1 is 1.03 bits per heavy atom. The minimum Gasteiger partial charge on any atom is -0.507 e. The van der Waals surface area contributed by atoms with Crippen molar-refractivity contribution in [2.75, 3.05) is 11.9 Å². The Labute approximate surface area is 186 Å². The number of pyridine rings is 1. The number of anilines is 1. The molecule has 0 aliphatic rings. The normalized spacial score (nSPS) is 15.2. The predicted octanol–water partition coefficient (Wildman–Crippen LogP) is 6.84. The molecule has 0 aliphatic heterocycles. The van der Waals surface area contributed by atoms with Crippen molar-refractivity contribution in [3.8, 4) is 11.5 Å². The number of rotatable bonds is 8. The van der Waals surface area contributed by atoms with Gasteiger partial charge in [-0.15, -0.1) is 0 Å². The Morgan fingerprint density at radius 3 is 1.97 bits per heavy atom. The van der Waals surface area contributed by atoms with E-state index in [9.17, 15) is 9.67 Å². The second-order valence-electron chi connectivity index (χ2n) is 9.72. The van der Waals surface area contributed by atoms with E-state index in [-0.39, 0.29) is 23.2 Å². The molecule has 0 amide bonds.